The molecule has 0 spiro atoms. The van der Waals surface area contributed by atoms with Gasteiger partial charge in [0.05, 0.1) is 12.7 Å². The van der Waals surface area contributed by atoms with Crippen LogP contribution in [0.3, 0.4) is 0 Å². The molecule has 0 bridgehead atoms. The van der Waals surface area contributed by atoms with Gasteiger partial charge in [-0.25, -0.2) is 9.97 Å². The van der Waals surface area contributed by atoms with Gasteiger partial charge in [0, 0.05) is 44.1 Å². The van der Waals surface area contributed by atoms with Gasteiger partial charge >= 0.3 is 0 Å². The van der Waals surface area contributed by atoms with Crippen molar-refractivity contribution in [1.82, 2.24) is 19.9 Å². The lowest BCUT2D eigenvalue weighted by molar-refractivity contribution is 0.0796. The molecule has 1 aromatic carbocycles. The zero-order valence-corrected chi connectivity index (χ0v) is 15.3. The maximum atomic E-state index is 12.5. The molecule has 0 atom stereocenters. The van der Waals surface area contributed by atoms with Crippen LogP contribution >= 0.6 is 0 Å². The zero-order chi connectivity index (χ0) is 19.1. The van der Waals surface area contributed by atoms with E-state index >= 15 is 0 Å². The number of benzene rings is 1. The van der Waals surface area contributed by atoms with Crippen molar-refractivity contribution in [1.29, 1.82) is 0 Å². The quantitative estimate of drug-likeness (QED) is 0.695. The number of aromatic nitrogens is 3. The predicted octanol–water partition coefficient (Wildman–Crippen LogP) is 2.94. The second kappa shape index (κ2) is 8.75. The van der Waals surface area contributed by atoms with Gasteiger partial charge in [-0.1, -0.05) is 0 Å². The molecular formula is C20H21N5O2. The largest absolute Gasteiger partial charge is 0.497 e. The van der Waals surface area contributed by atoms with E-state index in [0.717, 1.165) is 23.4 Å². The smallest absolute Gasteiger partial charge is 0.256 e. The first-order valence-electron chi connectivity index (χ1n) is 8.53. The lowest BCUT2D eigenvalue weighted by Gasteiger charge is -2.17. The number of likely N-dealkylation sites (N-methyl/N-ethyl adjacent to an activating group) is 1. The molecule has 0 saturated carbocycles. The summed E-state index contributed by atoms with van der Waals surface area (Å²) in [7, 11) is 3.39. The molecule has 0 unspecified atom stereocenters. The number of anilines is 2. The molecule has 3 rings (SSSR count). The Balaban J connectivity index is 1.57. The van der Waals surface area contributed by atoms with Gasteiger partial charge in [-0.3, -0.25) is 9.78 Å². The van der Waals surface area contributed by atoms with Crippen LogP contribution < -0.4 is 10.1 Å². The Kier molecular flexibility index (Phi) is 5.94. The van der Waals surface area contributed by atoms with Gasteiger partial charge in [0.1, 0.15) is 5.75 Å². The summed E-state index contributed by atoms with van der Waals surface area (Å²) in [5, 5.41) is 3.09. The van der Waals surface area contributed by atoms with Crippen LogP contribution in [0.5, 0.6) is 5.75 Å². The fourth-order valence-corrected chi connectivity index (χ4v) is 2.47. The molecule has 2 heterocycles. The molecule has 138 valence electrons. The summed E-state index contributed by atoms with van der Waals surface area (Å²) in [6, 6.07) is 11.3. The molecule has 27 heavy (non-hydrogen) atoms. The Labute approximate surface area is 158 Å². The van der Waals surface area contributed by atoms with Gasteiger partial charge in [-0.2, -0.15) is 0 Å². The summed E-state index contributed by atoms with van der Waals surface area (Å²) in [6.07, 6.45) is 7.33. The highest BCUT2D eigenvalue weighted by atomic mass is 16.5. The number of rotatable bonds is 7. The number of carbonyl (C=O) groups excluding carboxylic acids is 1. The van der Waals surface area contributed by atoms with Crippen LogP contribution in [0, 0.1) is 0 Å². The van der Waals surface area contributed by atoms with Crippen molar-refractivity contribution in [2.75, 3.05) is 26.0 Å². The first-order chi connectivity index (χ1) is 13.2. The zero-order valence-electron chi connectivity index (χ0n) is 15.3. The summed E-state index contributed by atoms with van der Waals surface area (Å²) >= 11 is 0. The maximum Gasteiger partial charge on any atom is 0.256 e. The molecule has 2 aromatic heterocycles. The van der Waals surface area contributed by atoms with Crippen molar-refractivity contribution in [3.05, 3.63) is 72.3 Å². The van der Waals surface area contributed by atoms with Crippen molar-refractivity contribution in [3.63, 3.8) is 0 Å². The highest BCUT2D eigenvalue weighted by molar-refractivity contribution is 5.93. The minimum Gasteiger partial charge on any atom is -0.497 e. The monoisotopic (exact) mass is 363 g/mol. The summed E-state index contributed by atoms with van der Waals surface area (Å²) in [5.41, 5.74) is 2.43. The standard InChI is InChI=1S/C20H21N5O2/c1-25(12-9-15-7-10-21-11-8-15)19(26)16-13-22-20(23-14-16)24-17-3-5-18(27-2)6-4-17/h3-8,10-11,13-14H,9,12H2,1-2H3,(H,22,23,24). The topological polar surface area (TPSA) is 80.2 Å². The molecule has 7 nitrogen and oxygen atoms in total. The van der Waals surface area contributed by atoms with Crippen molar-refractivity contribution < 1.29 is 9.53 Å². The van der Waals surface area contributed by atoms with Crippen molar-refractivity contribution in [2.45, 2.75) is 6.42 Å². The molecule has 7 heteroatoms. The van der Waals surface area contributed by atoms with E-state index in [0.29, 0.717) is 18.1 Å². The number of hydrogen-bond acceptors (Lipinski definition) is 6. The Hall–Kier alpha value is -3.48. The number of hydrogen-bond donors (Lipinski definition) is 1. The Morgan fingerprint density at radius 3 is 2.37 bits per heavy atom. The van der Waals surface area contributed by atoms with E-state index in [9.17, 15) is 4.79 Å². The molecule has 0 aliphatic carbocycles. The van der Waals surface area contributed by atoms with E-state index < -0.39 is 0 Å². The molecule has 0 radical (unpaired) electrons. The van der Waals surface area contributed by atoms with E-state index in [1.54, 1.807) is 31.5 Å². The molecule has 0 saturated heterocycles. The average Bonchev–Trinajstić information content (AvgIpc) is 2.73. The molecule has 1 N–H and O–H groups in total. The van der Waals surface area contributed by atoms with Gasteiger partial charge in [0.2, 0.25) is 5.95 Å². The first kappa shape index (κ1) is 18.3. The fraction of sp³-hybridized carbons (Fsp3) is 0.200. The third-order valence-electron chi connectivity index (χ3n) is 4.08. The van der Waals surface area contributed by atoms with Crippen LogP contribution in [-0.4, -0.2) is 46.5 Å². The minimum absolute atomic E-state index is 0.111. The van der Waals surface area contributed by atoms with Gasteiger partial charge in [-0.15, -0.1) is 0 Å². The SMILES string of the molecule is COc1ccc(Nc2ncc(C(=O)N(C)CCc3ccncc3)cn2)cc1. The number of pyridine rings is 1. The van der Waals surface area contributed by atoms with Crippen molar-refractivity contribution in [2.24, 2.45) is 0 Å². The van der Waals surface area contributed by atoms with E-state index in [2.05, 4.69) is 20.3 Å². The van der Waals surface area contributed by atoms with Crippen LogP contribution in [-0.2, 0) is 6.42 Å². The molecule has 1 amide bonds. The van der Waals surface area contributed by atoms with Crippen molar-refractivity contribution >= 4 is 17.5 Å². The molecular weight excluding hydrogens is 342 g/mol. The fourth-order valence-electron chi connectivity index (χ4n) is 2.47. The summed E-state index contributed by atoms with van der Waals surface area (Å²) in [6.45, 7) is 0.606. The molecule has 3 aromatic rings. The van der Waals surface area contributed by atoms with Crippen LogP contribution in [0.1, 0.15) is 15.9 Å². The van der Waals surface area contributed by atoms with Crippen LogP contribution in [0.15, 0.2) is 61.2 Å². The van der Waals surface area contributed by atoms with E-state index in [-0.39, 0.29) is 5.91 Å². The summed E-state index contributed by atoms with van der Waals surface area (Å²) in [5.74, 6) is 1.09. The van der Waals surface area contributed by atoms with Gasteiger partial charge in [0.15, 0.2) is 0 Å². The van der Waals surface area contributed by atoms with E-state index in [4.69, 9.17) is 4.74 Å². The lowest BCUT2D eigenvalue weighted by Crippen LogP contribution is -2.29. The molecule has 0 aliphatic heterocycles. The predicted molar refractivity (Wildman–Crippen MR) is 103 cm³/mol. The normalized spacial score (nSPS) is 10.3. The second-order valence-electron chi connectivity index (χ2n) is 5.98. The number of nitrogens with one attached hydrogen (secondary N) is 1. The van der Waals surface area contributed by atoms with E-state index in [1.165, 1.54) is 12.4 Å². The number of amides is 1. The Bertz CT molecular complexity index is 867. The molecule has 0 aliphatic rings. The van der Waals surface area contributed by atoms with Crippen molar-refractivity contribution in [3.8, 4) is 5.75 Å². The number of nitrogens with zero attached hydrogens (tertiary/aromatic N) is 4. The van der Waals surface area contributed by atoms with Gasteiger partial charge < -0.3 is 15.0 Å². The van der Waals surface area contributed by atoms with Gasteiger partial charge in [-0.05, 0) is 48.4 Å². The van der Waals surface area contributed by atoms with Crippen LogP contribution in [0.2, 0.25) is 0 Å². The number of carbonyl (C=O) groups is 1. The highest BCUT2D eigenvalue weighted by Gasteiger charge is 2.13. The summed E-state index contributed by atoms with van der Waals surface area (Å²) < 4.78 is 5.13. The number of ether oxygens (including phenoxy) is 1. The molecule has 0 fully saturated rings. The maximum absolute atomic E-state index is 12.5. The van der Waals surface area contributed by atoms with Gasteiger partial charge in [0.25, 0.3) is 5.91 Å². The summed E-state index contributed by atoms with van der Waals surface area (Å²) in [4.78, 5) is 26.6. The average molecular weight is 363 g/mol. The lowest BCUT2D eigenvalue weighted by atomic mass is 10.2. The second-order valence-corrected chi connectivity index (χ2v) is 5.98. The highest BCUT2D eigenvalue weighted by Crippen LogP contribution is 2.17. The third-order valence-corrected chi connectivity index (χ3v) is 4.08. The van der Waals surface area contributed by atoms with E-state index in [1.807, 2.05) is 36.4 Å². The Morgan fingerprint density at radius 1 is 1.07 bits per heavy atom. The van der Waals surface area contributed by atoms with Crippen LogP contribution in [0.25, 0.3) is 0 Å². The third kappa shape index (κ3) is 5.01. The minimum atomic E-state index is -0.111. The Morgan fingerprint density at radius 2 is 1.74 bits per heavy atom. The first-order valence-corrected chi connectivity index (χ1v) is 8.53. The van der Waals surface area contributed by atoms with Crippen LogP contribution in [0.4, 0.5) is 11.6 Å². The number of methoxy groups -OCH3 is 1.